The maximum absolute atomic E-state index is 5.90. The molecule has 0 aromatic rings. The van der Waals surface area contributed by atoms with Gasteiger partial charge in [0.25, 0.3) is 0 Å². The molecule has 0 rings (SSSR count). The zero-order chi connectivity index (χ0) is 32.3. The molecule has 9 heteroatoms. The van der Waals surface area contributed by atoms with Crippen molar-refractivity contribution in [2.75, 3.05) is 52.9 Å². The van der Waals surface area contributed by atoms with E-state index < -0.39 is 0 Å². The van der Waals surface area contributed by atoms with Gasteiger partial charge in [-0.2, -0.15) is 0 Å². The summed E-state index contributed by atoms with van der Waals surface area (Å²) >= 11 is 0. The molecule has 0 spiro atoms. The van der Waals surface area contributed by atoms with Gasteiger partial charge in [0.15, 0.2) is 0 Å². The summed E-state index contributed by atoms with van der Waals surface area (Å²) in [6, 6.07) is 0. The molecule has 0 saturated heterocycles. The summed E-state index contributed by atoms with van der Waals surface area (Å²) in [7, 11) is 0. The molecule has 0 aliphatic heterocycles. The molecule has 0 aromatic heterocycles. The summed E-state index contributed by atoms with van der Waals surface area (Å²) in [6.45, 7) is 25.2. The minimum Gasteiger partial charge on any atom is -0.473 e. The summed E-state index contributed by atoms with van der Waals surface area (Å²) in [4.78, 5) is 0. The number of rotatable bonds is 30. The van der Waals surface area contributed by atoms with Crippen LogP contribution >= 0.6 is 0 Å². The largest absolute Gasteiger partial charge is 0.473 e. The zero-order valence-electron chi connectivity index (χ0n) is 29.1. The van der Waals surface area contributed by atoms with Crippen molar-refractivity contribution in [3.05, 3.63) is 24.7 Å². The molecule has 0 radical (unpaired) electrons. The third-order valence-corrected chi connectivity index (χ3v) is 6.19. The summed E-state index contributed by atoms with van der Waals surface area (Å²) in [5.41, 5.74) is 0. The fraction of sp³-hybridized carbons (Fsp3) is 0.882. The molecule has 0 amide bonds. The minimum atomic E-state index is -0.00803. The molecule has 9 nitrogen and oxygen atoms in total. The predicted octanol–water partition coefficient (Wildman–Crippen LogP) is 6.87. The highest BCUT2D eigenvalue weighted by atomic mass is 16.6. The van der Waals surface area contributed by atoms with Crippen molar-refractivity contribution in [3.8, 4) is 0 Å². The number of hydrogen-bond donors (Lipinski definition) is 0. The summed E-state index contributed by atoms with van der Waals surface area (Å²) in [5.74, 6) is 0. The van der Waals surface area contributed by atoms with E-state index in [2.05, 4.69) is 13.8 Å². The van der Waals surface area contributed by atoms with Crippen LogP contribution in [0.2, 0.25) is 0 Å². The Morgan fingerprint density at radius 2 is 0.628 bits per heavy atom. The molecular weight excluding hydrogens is 552 g/mol. The van der Waals surface area contributed by atoms with E-state index >= 15 is 0 Å². The maximum atomic E-state index is 5.90. The smallest absolute Gasteiger partial charge is 0.0862 e. The number of ether oxygens (including phenoxy) is 9. The van der Waals surface area contributed by atoms with E-state index in [1.807, 2.05) is 67.5 Å². The lowest BCUT2D eigenvalue weighted by molar-refractivity contribution is -0.0853. The van der Waals surface area contributed by atoms with Gasteiger partial charge in [-0.1, -0.05) is 13.8 Å². The van der Waals surface area contributed by atoms with Crippen molar-refractivity contribution in [1.29, 1.82) is 0 Å². The third-order valence-electron chi connectivity index (χ3n) is 6.19. The fourth-order valence-electron chi connectivity index (χ4n) is 3.51. The van der Waals surface area contributed by atoms with Gasteiger partial charge in [0.1, 0.15) is 0 Å². The highest BCUT2D eigenvalue weighted by Gasteiger charge is 2.12. The van der Waals surface area contributed by atoms with Gasteiger partial charge < -0.3 is 42.6 Å². The molecule has 8 unspecified atom stereocenters. The van der Waals surface area contributed by atoms with Crippen LogP contribution in [-0.4, -0.2) is 102 Å². The van der Waals surface area contributed by atoms with E-state index in [9.17, 15) is 0 Å². The van der Waals surface area contributed by atoms with Gasteiger partial charge in [0, 0.05) is 13.2 Å². The topological polar surface area (TPSA) is 83.1 Å². The lowest BCUT2D eigenvalue weighted by Crippen LogP contribution is -2.27. The molecule has 8 atom stereocenters. The molecule has 256 valence electrons. The third kappa shape index (κ3) is 28.2. The van der Waals surface area contributed by atoms with Crippen molar-refractivity contribution in [1.82, 2.24) is 0 Å². The molecule has 0 aliphatic carbocycles. The minimum absolute atomic E-state index is 0.00803. The second-order valence-corrected chi connectivity index (χ2v) is 11.6. The lowest BCUT2D eigenvalue weighted by atomic mass is 10.3. The Bertz CT molecular complexity index is 606. The first-order valence-corrected chi connectivity index (χ1v) is 16.4. The standard InChI is InChI=1S/C34H66O9/c1-11-17-36-29(5)21-40-33(9)25-42-31(7)23-38-27(3)15-13-19-35-20-14-16-28(4)39-24-32(8)43-26-34(10)41-22-30(6)37-18-12-2/h13-14,19-20,27-34H,11-12,15-18,21-26H2,1-10H3. The quantitative estimate of drug-likeness (QED) is 0.0801. The van der Waals surface area contributed by atoms with E-state index in [1.54, 1.807) is 12.5 Å². The van der Waals surface area contributed by atoms with Crippen LogP contribution in [-0.2, 0) is 42.6 Å². The van der Waals surface area contributed by atoms with Crippen molar-refractivity contribution in [2.45, 2.75) is 144 Å². The Kier molecular flexibility index (Phi) is 27.7. The van der Waals surface area contributed by atoms with Crippen LogP contribution in [0.1, 0.15) is 94.9 Å². The molecule has 0 heterocycles. The van der Waals surface area contributed by atoms with Gasteiger partial charge in [-0.05, 0) is 93.2 Å². The Morgan fingerprint density at radius 1 is 0.372 bits per heavy atom. The first kappa shape index (κ1) is 42.0. The van der Waals surface area contributed by atoms with Crippen molar-refractivity contribution >= 4 is 0 Å². The van der Waals surface area contributed by atoms with Gasteiger partial charge >= 0.3 is 0 Å². The van der Waals surface area contributed by atoms with E-state index in [0.717, 1.165) is 38.9 Å². The molecular formula is C34H66O9. The Hall–Kier alpha value is -1.04. The molecule has 0 bridgehead atoms. The van der Waals surface area contributed by atoms with Gasteiger partial charge in [0.05, 0.1) is 101 Å². The molecule has 0 aromatic carbocycles. The monoisotopic (exact) mass is 618 g/mol. The SMILES string of the molecule is CCCOC(C)COC(C)COC(C)COC(C)CC=COC=CCC(C)OCC(C)OCC(C)OCC(C)OCCC. The van der Waals surface area contributed by atoms with Gasteiger partial charge in [-0.15, -0.1) is 0 Å². The second kappa shape index (κ2) is 28.4. The van der Waals surface area contributed by atoms with E-state index in [-0.39, 0.29) is 48.8 Å². The predicted molar refractivity (Wildman–Crippen MR) is 172 cm³/mol. The van der Waals surface area contributed by atoms with Crippen LogP contribution in [0.15, 0.2) is 24.7 Å². The Balaban J connectivity index is 3.85. The summed E-state index contributed by atoms with van der Waals surface area (Å²) in [6.07, 6.45) is 11.1. The normalized spacial score (nSPS) is 18.0. The van der Waals surface area contributed by atoms with Crippen molar-refractivity contribution in [3.63, 3.8) is 0 Å². The summed E-state index contributed by atoms with van der Waals surface area (Å²) < 4.78 is 51.9. The van der Waals surface area contributed by atoms with Crippen LogP contribution in [0.3, 0.4) is 0 Å². The fourth-order valence-corrected chi connectivity index (χ4v) is 3.51. The second-order valence-electron chi connectivity index (χ2n) is 11.6. The van der Waals surface area contributed by atoms with Crippen LogP contribution < -0.4 is 0 Å². The molecule has 0 fully saturated rings. The maximum Gasteiger partial charge on any atom is 0.0862 e. The Labute approximate surface area is 263 Å². The van der Waals surface area contributed by atoms with Crippen LogP contribution in [0.5, 0.6) is 0 Å². The first-order chi connectivity index (χ1) is 20.6. The van der Waals surface area contributed by atoms with Crippen molar-refractivity contribution < 1.29 is 42.6 Å². The number of hydrogen-bond acceptors (Lipinski definition) is 9. The first-order valence-electron chi connectivity index (χ1n) is 16.4. The van der Waals surface area contributed by atoms with Crippen LogP contribution in [0.4, 0.5) is 0 Å². The molecule has 43 heavy (non-hydrogen) atoms. The van der Waals surface area contributed by atoms with E-state index in [1.165, 1.54) is 0 Å². The van der Waals surface area contributed by atoms with E-state index in [0.29, 0.717) is 39.6 Å². The molecule has 0 aliphatic rings. The lowest BCUT2D eigenvalue weighted by Gasteiger charge is -2.21. The molecule has 0 N–H and O–H groups in total. The highest BCUT2D eigenvalue weighted by molar-refractivity contribution is 4.82. The average Bonchev–Trinajstić information content (AvgIpc) is 2.99. The summed E-state index contributed by atoms with van der Waals surface area (Å²) in [5, 5.41) is 0. The van der Waals surface area contributed by atoms with E-state index in [4.69, 9.17) is 42.6 Å². The van der Waals surface area contributed by atoms with Gasteiger partial charge in [0.2, 0.25) is 0 Å². The van der Waals surface area contributed by atoms with Crippen LogP contribution in [0.25, 0.3) is 0 Å². The Morgan fingerprint density at radius 3 is 0.907 bits per heavy atom. The van der Waals surface area contributed by atoms with Crippen molar-refractivity contribution in [2.24, 2.45) is 0 Å². The van der Waals surface area contributed by atoms with Gasteiger partial charge in [-0.25, -0.2) is 0 Å². The average molecular weight is 619 g/mol. The van der Waals surface area contributed by atoms with Crippen LogP contribution in [0, 0.1) is 0 Å². The molecule has 0 saturated carbocycles. The zero-order valence-corrected chi connectivity index (χ0v) is 29.1. The highest BCUT2D eigenvalue weighted by Crippen LogP contribution is 2.06. The van der Waals surface area contributed by atoms with Gasteiger partial charge in [-0.3, -0.25) is 0 Å².